The van der Waals surface area contributed by atoms with Gasteiger partial charge >= 0.3 is 0 Å². The Hall–Kier alpha value is -1.64. The van der Waals surface area contributed by atoms with E-state index in [9.17, 15) is 13.2 Å². The van der Waals surface area contributed by atoms with E-state index in [-0.39, 0.29) is 12.5 Å². The number of carbonyl (C=O) groups excluding carboxylic acids is 1. The second kappa shape index (κ2) is 6.64. The maximum Gasteiger partial charge on any atom is 0.232 e. The molecule has 0 radical (unpaired) electrons. The van der Waals surface area contributed by atoms with Gasteiger partial charge in [-0.05, 0) is 37.1 Å². The Balaban J connectivity index is 2.05. The molecule has 4 N–H and O–H groups in total. The Bertz CT molecular complexity index is 622. The van der Waals surface area contributed by atoms with Crippen molar-refractivity contribution in [2.75, 3.05) is 36.1 Å². The highest BCUT2D eigenvalue weighted by molar-refractivity contribution is 7.92. The summed E-state index contributed by atoms with van der Waals surface area (Å²) in [5.41, 5.74) is 6.24. The molecular weight excluding hydrogens is 306 g/mol. The summed E-state index contributed by atoms with van der Waals surface area (Å²) in [6, 6.07) is 6.48. The number of ether oxygens (including phenoxy) is 1. The average molecular weight is 327 g/mol. The van der Waals surface area contributed by atoms with Crippen LogP contribution in [-0.2, 0) is 19.6 Å². The molecular formula is C14H21N3O4S. The van der Waals surface area contributed by atoms with E-state index >= 15 is 0 Å². The zero-order valence-electron chi connectivity index (χ0n) is 12.5. The molecule has 122 valence electrons. The van der Waals surface area contributed by atoms with Gasteiger partial charge in [0, 0.05) is 31.1 Å². The third-order valence-electron chi connectivity index (χ3n) is 3.77. The molecule has 1 aliphatic heterocycles. The van der Waals surface area contributed by atoms with Crippen LogP contribution >= 0.6 is 0 Å². The average Bonchev–Trinajstić information content (AvgIpc) is 2.48. The van der Waals surface area contributed by atoms with Crippen LogP contribution in [-0.4, -0.2) is 40.3 Å². The number of carbonyl (C=O) groups is 1. The van der Waals surface area contributed by atoms with Gasteiger partial charge in [-0.15, -0.1) is 0 Å². The summed E-state index contributed by atoms with van der Waals surface area (Å²) < 4.78 is 29.9. The van der Waals surface area contributed by atoms with E-state index in [1.54, 1.807) is 24.3 Å². The minimum atomic E-state index is -3.31. The molecule has 1 aromatic rings. The summed E-state index contributed by atoms with van der Waals surface area (Å²) >= 11 is 0. The van der Waals surface area contributed by atoms with E-state index in [4.69, 9.17) is 10.5 Å². The van der Waals surface area contributed by atoms with E-state index in [2.05, 4.69) is 10.0 Å². The van der Waals surface area contributed by atoms with Gasteiger partial charge in [0.15, 0.2) is 0 Å². The molecule has 22 heavy (non-hydrogen) atoms. The Morgan fingerprint density at radius 2 is 1.77 bits per heavy atom. The van der Waals surface area contributed by atoms with Crippen LogP contribution in [0.2, 0.25) is 0 Å². The second-order valence-electron chi connectivity index (χ2n) is 5.50. The van der Waals surface area contributed by atoms with Gasteiger partial charge in [-0.3, -0.25) is 9.52 Å². The third-order valence-corrected chi connectivity index (χ3v) is 4.37. The summed E-state index contributed by atoms with van der Waals surface area (Å²) in [7, 11) is -3.31. The molecule has 1 aromatic carbocycles. The number of rotatable bonds is 5. The lowest BCUT2D eigenvalue weighted by Crippen LogP contribution is -2.46. The van der Waals surface area contributed by atoms with E-state index in [1.807, 2.05) is 0 Å². The number of amides is 1. The predicted molar refractivity (Wildman–Crippen MR) is 85.1 cm³/mol. The third kappa shape index (κ3) is 4.19. The molecule has 0 bridgehead atoms. The van der Waals surface area contributed by atoms with Gasteiger partial charge in [0.1, 0.15) is 0 Å². The van der Waals surface area contributed by atoms with Crippen molar-refractivity contribution in [1.29, 1.82) is 0 Å². The highest BCUT2D eigenvalue weighted by Gasteiger charge is 2.38. The molecule has 7 nitrogen and oxygen atoms in total. The van der Waals surface area contributed by atoms with Gasteiger partial charge in [-0.2, -0.15) is 0 Å². The van der Waals surface area contributed by atoms with E-state index in [0.717, 1.165) is 6.26 Å². The molecule has 1 aliphatic rings. The standard InChI is InChI=1S/C14H21N3O4S/c1-22(19,20)17-12-4-2-11(3-5-12)16-13(18)14(10-15)6-8-21-9-7-14/h2-5,17H,6-10,15H2,1H3,(H,16,18). The summed E-state index contributed by atoms with van der Waals surface area (Å²) in [6.07, 6.45) is 2.28. The summed E-state index contributed by atoms with van der Waals surface area (Å²) in [5.74, 6) is -0.123. The van der Waals surface area contributed by atoms with Gasteiger partial charge in [0.05, 0.1) is 11.7 Å². The molecule has 1 saturated heterocycles. The molecule has 0 unspecified atom stereocenters. The molecule has 2 rings (SSSR count). The van der Waals surface area contributed by atoms with E-state index < -0.39 is 15.4 Å². The van der Waals surface area contributed by atoms with E-state index in [0.29, 0.717) is 37.4 Å². The van der Waals surface area contributed by atoms with Crippen LogP contribution in [0.3, 0.4) is 0 Å². The molecule has 0 saturated carbocycles. The number of hydrogen-bond acceptors (Lipinski definition) is 5. The summed E-state index contributed by atoms with van der Waals surface area (Å²) in [4.78, 5) is 12.5. The minimum Gasteiger partial charge on any atom is -0.381 e. The van der Waals surface area contributed by atoms with Crippen molar-refractivity contribution in [2.24, 2.45) is 11.1 Å². The van der Waals surface area contributed by atoms with Crippen molar-refractivity contribution >= 4 is 27.3 Å². The smallest absolute Gasteiger partial charge is 0.232 e. The Labute approximate surface area is 130 Å². The molecule has 1 amide bonds. The van der Waals surface area contributed by atoms with Gasteiger partial charge in [-0.1, -0.05) is 0 Å². The molecule has 1 heterocycles. The van der Waals surface area contributed by atoms with Gasteiger partial charge in [0.2, 0.25) is 15.9 Å². The first-order valence-corrected chi connectivity index (χ1v) is 8.91. The number of anilines is 2. The first-order valence-electron chi connectivity index (χ1n) is 7.02. The topological polar surface area (TPSA) is 111 Å². The van der Waals surface area contributed by atoms with Crippen LogP contribution in [0.4, 0.5) is 11.4 Å². The minimum absolute atomic E-state index is 0.123. The van der Waals surface area contributed by atoms with Crippen LogP contribution < -0.4 is 15.8 Å². The first-order chi connectivity index (χ1) is 10.3. The lowest BCUT2D eigenvalue weighted by Gasteiger charge is -2.34. The van der Waals surface area contributed by atoms with Crippen LogP contribution in [0, 0.1) is 5.41 Å². The maximum absolute atomic E-state index is 12.5. The highest BCUT2D eigenvalue weighted by Crippen LogP contribution is 2.31. The van der Waals surface area contributed by atoms with Crippen LogP contribution in [0.15, 0.2) is 24.3 Å². The number of hydrogen-bond donors (Lipinski definition) is 3. The summed E-state index contributed by atoms with van der Waals surface area (Å²) in [6.45, 7) is 1.33. The Morgan fingerprint density at radius 1 is 1.23 bits per heavy atom. The number of sulfonamides is 1. The normalized spacial score (nSPS) is 17.7. The van der Waals surface area contributed by atoms with Crippen molar-refractivity contribution in [3.8, 4) is 0 Å². The molecule has 1 fully saturated rings. The zero-order chi connectivity index (χ0) is 16.2. The summed E-state index contributed by atoms with van der Waals surface area (Å²) in [5, 5.41) is 2.84. The van der Waals surface area contributed by atoms with Gasteiger partial charge in [-0.25, -0.2) is 8.42 Å². The SMILES string of the molecule is CS(=O)(=O)Nc1ccc(NC(=O)C2(CN)CCOCC2)cc1. The van der Waals surface area contributed by atoms with E-state index in [1.165, 1.54) is 0 Å². The fourth-order valence-corrected chi connectivity index (χ4v) is 2.95. The van der Waals surface area contributed by atoms with Crippen LogP contribution in [0.25, 0.3) is 0 Å². The second-order valence-corrected chi connectivity index (χ2v) is 7.25. The lowest BCUT2D eigenvalue weighted by molar-refractivity contribution is -0.130. The molecule has 8 heteroatoms. The molecule has 0 aromatic heterocycles. The van der Waals surface area contributed by atoms with Crippen molar-refractivity contribution in [1.82, 2.24) is 0 Å². The molecule has 0 aliphatic carbocycles. The number of nitrogens with two attached hydrogens (primary N) is 1. The monoisotopic (exact) mass is 327 g/mol. The van der Waals surface area contributed by atoms with Crippen molar-refractivity contribution in [3.63, 3.8) is 0 Å². The molecule has 0 atom stereocenters. The quantitative estimate of drug-likeness (QED) is 0.739. The largest absolute Gasteiger partial charge is 0.381 e. The van der Waals surface area contributed by atoms with Crippen LogP contribution in [0.1, 0.15) is 12.8 Å². The van der Waals surface area contributed by atoms with Crippen molar-refractivity contribution in [3.05, 3.63) is 24.3 Å². The maximum atomic E-state index is 12.5. The Morgan fingerprint density at radius 3 is 2.27 bits per heavy atom. The fourth-order valence-electron chi connectivity index (χ4n) is 2.39. The fraction of sp³-hybridized carbons (Fsp3) is 0.500. The van der Waals surface area contributed by atoms with Gasteiger partial charge < -0.3 is 15.8 Å². The molecule has 0 spiro atoms. The van der Waals surface area contributed by atoms with Crippen molar-refractivity contribution in [2.45, 2.75) is 12.8 Å². The number of benzene rings is 1. The number of nitrogens with one attached hydrogen (secondary N) is 2. The lowest BCUT2D eigenvalue weighted by atomic mass is 9.79. The van der Waals surface area contributed by atoms with Crippen molar-refractivity contribution < 1.29 is 17.9 Å². The van der Waals surface area contributed by atoms with Crippen LogP contribution in [0.5, 0.6) is 0 Å². The van der Waals surface area contributed by atoms with Gasteiger partial charge in [0.25, 0.3) is 0 Å². The first kappa shape index (κ1) is 16.7. The highest BCUT2D eigenvalue weighted by atomic mass is 32.2. The zero-order valence-corrected chi connectivity index (χ0v) is 13.3. The Kier molecular flexibility index (Phi) is 5.05. The predicted octanol–water partition coefficient (Wildman–Crippen LogP) is 0.752.